The summed E-state index contributed by atoms with van der Waals surface area (Å²) >= 11 is 0. The molecule has 3 aromatic heterocycles. The molecule has 3 atom stereocenters. The molecule has 61 heavy (non-hydrogen) atoms. The lowest BCUT2D eigenvalue weighted by Gasteiger charge is -2.31. The van der Waals surface area contributed by atoms with Crippen molar-refractivity contribution >= 4 is 29.0 Å². The number of alkyl halides is 2. The first-order valence-electron chi connectivity index (χ1n) is 21.4. The van der Waals surface area contributed by atoms with Crippen molar-refractivity contribution in [2.75, 3.05) is 34.0 Å². The van der Waals surface area contributed by atoms with Crippen LogP contribution in [0.15, 0.2) is 54.9 Å². The summed E-state index contributed by atoms with van der Waals surface area (Å²) in [6.07, 6.45) is 7.71. The number of imidazole rings is 1. The fourth-order valence-corrected chi connectivity index (χ4v) is 9.90. The highest BCUT2D eigenvalue weighted by molar-refractivity contribution is 5.91. The van der Waals surface area contributed by atoms with E-state index in [1.807, 2.05) is 43.1 Å². The summed E-state index contributed by atoms with van der Waals surface area (Å²) in [7, 11) is 2.63. The predicted molar refractivity (Wildman–Crippen MR) is 225 cm³/mol. The standard InChI is InChI=1S/C46H53F2N7O6/c1-6-15-54-23-36-31(40(54)39(53-44(58)60-5)26-11-16-61-17-12-26)20-34(50-36)27-7-9-29-30-10-8-28(19-33(30)46(47,48)32(29)18-27)35-22-49-41(51-35)37-21-45(13-14-45)24-55(37)42(56)38(25(2)3)52-43(57)59-4/h7-10,18-20,22-23,25-26,37-39,50H,6,11-17,21,24H2,1-5H3,(H,49,51)(H,52,57)(H,53,58). The number of amides is 3. The topological polar surface area (TPSA) is 156 Å². The number of nitrogens with one attached hydrogen (secondary N) is 4. The van der Waals surface area contributed by atoms with Crippen LogP contribution in [0.25, 0.3) is 44.5 Å². The minimum atomic E-state index is -3.28. The van der Waals surface area contributed by atoms with Gasteiger partial charge in [0.1, 0.15) is 11.9 Å². The highest BCUT2D eigenvalue weighted by atomic mass is 19.3. The Morgan fingerprint density at radius 3 is 2.21 bits per heavy atom. The number of likely N-dealkylation sites (tertiary alicyclic amines) is 1. The molecule has 5 heterocycles. The molecule has 4 N–H and O–H groups in total. The van der Waals surface area contributed by atoms with Crippen molar-refractivity contribution < 1.29 is 37.4 Å². The molecule has 13 nitrogen and oxygen atoms in total. The van der Waals surface area contributed by atoms with Gasteiger partial charge in [0, 0.05) is 60.3 Å². The first-order valence-corrected chi connectivity index (χ1v) is 21.4. The van der Waals surface area contributed by atoms with Crippen LogP contribution in [0.2, 0.25) is 0 Å². The number of ether oxygens (including phenoxy) is 3. The largest absolute Gasteiger partial charge is 0.453 e. The van der Waals surface area contributed by atoms with Gasteiger partial charge in [-0.1, -0.05) is 45.0 Å². The molecule has 3 unspecified atom stereocenters. The third-order valence-corrected chi connectivity index (χ3v) is 13.4. The number of carbonyl (C=O) groups excluding carboxylic acids is 3. The Hall–Kier alpha value is -5.70. The minimum absolute atomic E-state index is 0.0175. The maximum Gasteiger partial charge on any atom is 0.407 e. The van der Waals surface area contributed by atoms with Crippen LogP contribution in [-0.4, -0.2) is 82.5 Å². The highest BCUT2D eigenvalue weighted by Crippen LogP contribution is 2.59. The summed E-state index contributed by atoms with van der Waals surface area (Å²) in [4.78, 5) is 52.1. The number of alkyl carbamates (subject to hydrolysis) is 2. The minimum Gasteiger partial charge on any atom is -0.453 e. The van der Waals surface area contributed by atoms with Gasteiger partial charge < -0.3 is 44.3 Å². The fraction of sp³-hybridized carbons (Fsp3) is 0.478. The van der Waals surface area contributed by atoms with Gasteiger partial charge in [-0.2, -0.15) is 8.78 Å². The summed E-state index contributed by atoms with van der Waals surface area (Å²) in [5, 5.41) is 6.73. The molecular formula is C46H53F2N7O6. The number of aromatic amines is 2. The maximum absolute atomic E-state index is 16.7. The van der Waals surface area contributed by atoms with Gasteiger partial charge in [-0.15, -0.1) is 0 Å². The van der Waals surface area contributed by atoms with Crippen molar-refractivity contribution in [3.63, 3.8) is 0 Å². The SMILES string of the molecule is CCCn1cc2[nH]c(-c3ccc4c(c3)C(F)(F)c3cc(-c5cnc(C6CC7(CC7)CN6C(=O)C(NC(=O)OC)C(C)C)[nH]5)ccc3-4)cc2c1C(NC(=O)OC)C1CCOCC1. The number of fused-ring (bicyclic) bond motifs is 4. The van der Waals surface area contributed by atoms with E-state index in [-0.39, 0.29) is 46.4 Å². The number of hydrogen-bond acceptors (Lipinski definition) is 7. The normalized spacial score (nSPS) is 19.8. The predicted octanol–water partition coefficient (Wildman–Crippen LogP) is 8.81. The van der Waals surface area contributed by atoms with Gasteiger partial charge in [-0.25, -0.2) is 14.6 Å². The first kappa shape index (κ1) is 40.7. The van der Waals surface area contributed by atoms with Crippen molar-refractivity contribution in [3.8, 4) is 33.6 Å². The Bertz CT molecular complexity index is 2500. The lowest BCUT2D eigenvalue weighted by atomic mass is 9.88. The molecule has 9 rings (SSSR count). The zero-order valence-electron chi connectivity index (χ0n) is 35.2. The second-order valence-electron chi connectivity index (χ2n) is 17.6. The molecule has 1 spiro atoms. The van der Waals surface area contributed by atoms with Crippen LogP contribution in [0, 0.1) is 17.3 Å². The number of rotatable bonds is 11. The number of aryl methyl sites for hydroxylation is 1. The van der Waals surface area contributed by atoms with E-state index < -0.39 is 24.2 Å². The maximum atomic E-state index is 16.7. The Kier molecular flexibility index (Phi) is 10.4. The lowest BCUT2D eigenvalue weighted by molar-refractivity contribution is -0.135. The van der Waals surface area contributed by atoms with Gasteiger partial charge >= 0.3 is 12.2 Å². The Labute approximate surface area is 352 Å². The van der Waals surface area contributed by atoms with E-state index in [1.165, 1.54) is 20.3 Å². The quantitative estimate of drug-likeness (QED) is 0.104. The summed E-state index contributed by atoms with van der Waals surface area (Å²) in [5.74, 6) is -2.94. The molecule has 5 aromatic rings. The third kappa shape index (κ3) is 7.23. The van der Waals surface area contributed by atoms with Gasteiger partial charge in [0.2, 0.25) is 5.91 Å². The van der Waals surface area contributed by atoms with Crippen molar-refractivity contribution in [2.45, 2.75) is 89.9 Å². The molecule has 2 aliphatic heterocycles. The van der Waals surface area contributed by atoms with E-state index in [0.717, 1.165) is 61.7 Å². The average molecular weight is 838 g/mol. The zero-order chi connectivity index (χ0) is 42.8. The number of methoxy groups -OCH3 is 2. The van der Waals surface area contributed by atoms with Crippen LogP contribution in [0.5, 0.6) is 0 Å². The smallest absolute Gasteiger partial charge is 0.407 e. The van der Waals surface area contributed by atoms with Crippen LogP contribution in [0.1, 0.15) is 94.0 Å². The molecule has 0 bridgehead atoms. The van der Waals surface area contributed by atoms with Gasteiger partial charge in [-0.05, 0) is 90.7 Å². The van der Waals surface area contributed by atoms with E-state index in [1.54, 1.807) is 24.4 Å². The molecule has 0 radical (unpaired) electrons. The van der Waals surface area contributed by atoms with Gasteiger partial charge in [0.25, 0.3) is 5.92 Å². The van der Waals surface area contributed by atoms with Crippen LogP contribution in [-0.2, 0) is 31.5 Å². The van der Waals surface area contributed by atoms with Gasteiger partial charge in [0.05, 0.1) is 49.4 Å². The second-order valence-corrected chi connectivity index (χ2v) is 17.6. The van der Waals surface area contributed by atoms with Crippen LogP contribution >= 0.6 is 0 Å². The van der Waals surface area contributed by atoms with Crippen molar-refractivity contribution in [2.24, 2.45) is 17.3 Å². The summed E-state index contributed by atoms with van der Waals surface area (Å²) in [6.45, 7) is 8.38. The fourth-order valence-electron chi connectivity index (χ4n) is 9.90. The van der Waals surface area contributed by atoms with E-state index in [2.05, 4.69) is 32.1 Å². The molecule has 322 valence electrons. The molecule has 15 heteroatoms. The van der Waals surface area contributed by atoms with Gasteiger partial charge in [-0.3, -0.25) is 4.79 Å². The summed E-state index contributed by atoms with van der Waals surface area (Å²) in [6, 6.07) is 10.9. The monoisotopic (exact) mass is 837 g/mol. The van der Waals surface area contributed by atoms with Crippen molar-refractivity contribution in [3.05, 3.63) is 77.5 Å². The molecule has 2 aromatic carbocycles. The molecule has 4 aliphatic rings. The van der Waals surface area contributed by atoms with Crippen LogP contribution < -0.4 is 10.6 Å². The summed E-state index contributed by atoms with van der Waals surface area (Å²) < 4.78 is 51.0. The first-order chi connectivity index (χ1) is 29.3. The Balaban J connectivity index is 1.000. The number of hydrogen-bond donors (Lipinski definition) is 4. The van der Waals surface area contributed by atoms with Gasteiger partial charge in [0.15, 0.2) is 0 Å². The second kappa shape index (κ2) is 15.6. The van der Waals surface area contributed by atoms with E-state index >= 15 is 8.78 Å². The number of benzene rings is 2. The number of halogens is 2. The van der Waals surface area contributed by atoms with Crippen molar-refractivity contribution in [1.82, 2.24) is 35.1 Å². The molecule has 3 amide bonds. The third-order valence-electron chi connectivity index (χ3n) is 13.4. The number of H-pyrrole nitrogens is 2. The van der Waals surface area contributed by atoms with Crippen molar-refractivity contribution in [1.29, 1.82) is 0 Å². The number of nitrogens with zero attached hydrogens (tertiary/aromatic N) is 3. The highest BCUT2D eigenvalue weighted by Gasteiger charge is 2.55. The summed E-state index contributed by atoms with van der Waals surface area (Å²) in [5.41, 5.74) is 5.09. The number of aromatic nitrogens is 4. The Morgan fingerprint density at radius 2 is 1.59 bits per heavy atom. The van der Waals surface area contributed by atoms with Crippen LogP contribution in [0.4, 0.5) is 18.4 Å². The van der Waals surface area contributed by atoms with Crippen LogP contribution in [0.3, 0.4) is 0 Å². The molecule has 3 fully saturated rings. The zero-order valence-corrected chi connectivity index (χ0v) is 35.2. The molecule has 2 aliphatic carbocycles. The average Bonchev–Trinajstić information content (AvgIpc) is 3.69. The van der Waals surface area contributed by atoms with E-state index in [0.29, 0.717) is 59.2 Å². The molecule has 2 saturated heterocycles. The lowest BCUT2D eigenvalue weighted by Crippen LogP contribution is -2.51. The molecular weight excluding hydrogens is 785 g/mol. The van der Waals surface area contributed by atoms with E-state index in [4.69, 9.17) is 19.2 Å². The number of carbonyl (C=O) groups is 3. The Morgan fingerprint density at radius 1 is 0.934 bits per heavy atom. The molecule has 1 saturated carbocycles. The van der Waals surface area contributed by atoms with E-state index in [9.17, 15) is 14.4 Å².